The van der Waals surface area contributed by atoms with Gasteiger partial charge in [0.05, 0.1) is 5.56 Å². The van der Waals surface area contributed by atoms with Crippen molar-refractivity contribution in [3.8, 4) is 0 Å². The van der Waals surface area contributed by atoms with E-state index in [0.717, 1.165) is 35.5 Å². The number of aromatic carboxylic acids is 1. The minimum Gasteiger partial charge on any atom is -0.477 e. The number of likely N-dealkylation sites (tertiary alicyclic amines) is 1. The average molecular weight is 339 g/mol. The third-order valence-electron chi connectivity index (χ3n) is 4.97. The zero-order chi connectivity index (χ0) is 16.6. The van der Waals surface area contributed by atoms with Crippen LogP contribution in [0.2, 0.25) is 0 Å². The molecule has 0 saturated carbocycles. The van der Waals surface area contributed by atoms with Crippen LogP contribution < -0.4 is 0 Å². The number of aliphatic hydroxyl groups is 1. The van der Waals surface area contributed by atoms with Crippen molar-refractivity contribution < 1.29 is 24.5 Å². The van der Waals surface area contributed by atoms with Crippen LogP contribution >= 0.6 is 11.3 Å². The summed E-state index contributed by atoms with van der Waals surface area (Å²) in [7, 11) is 0. The summed E-state index contributed by atoms with van der Waals surface area (Å²) in [6.45, 7) is 3.60. The number of aryl methyl sites for hydroxylation is 1. The van der Waals surface area contributed by atoms with E-state index in [9.17, 15) is 14.7 Å². The molecule has 0 bridgehead atoms. The van der Waals surface area contributed by atoms with E-state index in [-0.39, 0.29) is 28.8 Å². The van der Waals surface area contributed by atoms with E-state index in [0.29, 0.717) is 25.3 Å². The number of carbonyl (C=O) groups excluding carboxylic acids is 1. The van der Waals surface area contributed by atoms with Gasteiger partial charge in [-0.2, -0.15) is 0 Å². The van der Waals surface area contributed by atoms with Gasteiger partial charge in [-0.25, -0.2) is 4.79 Å². The average Bonchev–Trinajstić information content (AvgIpc) is 3.09. The summed E-state index contributed by atoms with van der Waals surface area (Å²) >= 11 is 1.13. The van der Waals surface area contributed by atoms with Gasteiger partial charge < -0.3 is 19.8 Å². The van der Waals surface area contributed by atoms with Crippen LogP contribution in [0.15, 0.2) is 6.07 Å². The zero-order valence-corrected chi connectivity index (χ0v) is 13.9. The maximum Gasteiger partial charge on any atom is 0.345 e. The van der Waals surface area contributed by atoms with Crippen LogP contribution in [-0.4, -0.2) is 58.9 Å². The molecule has 1 atom stereocenters. The lowest BCUT2D eigenvalue weighted by Crippen LogP contribution is -2.50. The first kappa shape index (κ1) is 16.4. The minimum absolute atomic E-state index is 0.0649. The van der Waals surface area contributed by atoms with Gasteiger partial charge in [0.1, 0.15) is 4.88 Å². The molecule has 0 radical (unpaired) electrons. The Kier molecular flexibility index (Phi) is 4.44. The van der Waals surface area contributed by atoms with Crippen molar-refractivity contribution in [3.05, 3.63) is 21.4 Å². The standard InChI is InChI=1S/C16H21NO5S/c1-10-12(6-13(23-10)15(20)21)14(19)17-8-11(9-18)7-16(17)2-4-22-5-3-16/h6,11,18H,2-5,7-9H2,1H3,(H,20,21). The molecule has 1 spiro atoms. The highest BCUT2D eigenvalue weighted by Gasteiger charge is 2.48. The van der Waals surface area contributed by atoms with Crippen LogP contribution in [0.4, 0.5) is 0 Å². The van der Waals surface area contributed by atoms with Crippen molar-refractivity contribution in [2.45, 2.75) is 31.7 Å². The molecule has 3 heterocycles. The number of aliphatic hydroxyl groups excluding tert-OH is 1. The molecule has 126 valence electrons. The van der Waals surface area contributed by atoms with Crippen molar-refractivity contribution >= 4 is 23.2 Å². The van der Waals surface area contributed by atoms with Crippen LogP contribution in [-0.2, 0) is 4.74 Å². The number of nitrogens with zero attached hydrogens (tertiary/aromatic N) is 1. The number of hydrogen-bond donors (Lipinski definition) is 2. The Labute approximate surface area is 138 Å². The number of ether oxygens (including phenoxy) is 1. The fourth-order valence-corrected chi connectivity index (χ4v) is 4.61. The largest absolute Gasteiger partial charge is 0.477 e. The van der Waals surface area contributed by atoms with Gasteiger partial charge in [-0.05, 0) is 32.3 Å². The molecule has 2 N–H and O–H groups in total. The normalized spacial score (nSPS) is 23.4. The van der Waals surface area contributed by atoms with Crippen LogP contribution in [0.1, 0.15) is 44.2 Å². The number of carboxylic acids is 1. The number of thiophene rings is 1. The summed E-state index contributed by atoms with van der Waals surface area (Å²) < 4.78 is 5.44. The Morgan fingerprint density at radius 1 is 1.43 bits per heavy atom. The fraction of sp³-hybridized carbons (Fsp3) is 0.625. The van der Waals surface area contributed by atoms with Gasteiger partial charge in [0, 0.05) is 42.7 Å². The van der Waals surface area contributed by atoms with Crippen molar-refractivity contribution in [1.82, 2.24) is 4.90 Å². The van der Waals surface area contributed by atoms with Crippen molar-refractivity contribution in [1.29, 1.82) is 0 Å². The molecular weight excluding hydrogens is 318 g/mol. The van der Waals surface area contributed by atoms with Crippen LogP contribution in [0.5, 0.6) is 0 Å². The van der Waals surface area contributed by atoms with Gasteiger partial charge in [0.2, 0.25) is 0 Å². The smallest absolute Gasteiger partial charge is 0.345 e. The van der Waals surface area contributed by atoms with Gasteiger partial charge in [0.25, 0.3) is 5.91 Å². The van der Waals surface area contributed by atoms with Gasteiger partial charge >= 0.3 is 5.97 Å². The molecule has 7 heteroatoms. The predicted molar refractivity (Wildman–Crippen MR) is 85.0 cm³/mol. The Morgan fingerprint density at radius 3 is 2.70 bits per heavy atom. The molecule has 23 heavy (non-hydrogen) atoms. The van der Waals surface area contributed by atoms with Crippen molar-refractivity contribution in [3.63, 3.8) is 0 Å². The second-order valence-corrected chi connectivity index (χ2v) is 7.65. The number of amides is 1. The van der Waals surface area contributed by atoms with Crippen LogP contribution in [0, 0.1) is 12.8 Å². The van der Waals surface area contributed by atoms with Gasteiger partial charge in [-0.15, -0.1) is 11.3 Å². The third kappa shape index (κ3) is 2.88. The highest BCUT2D eigenvalue weighted by atomic mass is 32.1. The predicted octanol–water partition coefficient (Wildman–Crippen LogP) is 1.76. The molecule has 2 aliphatic heterocycles. The van der Waals surface area contributed by atoms with E-state index in [1.807, 2.05) is 4.90 Å². The van der Waals surface area contributed by atoms with Crippen LogP contribution in [0.3, 0.4) is 0 Å². The lowest BCUT2D eigenvalue weighted by atomic mass is 9.84. The molecule has 1 unspecified atom stereocenters. The quantitative estimate of drug-likeness (QED) is 0.876. The fourth-order valence-electron chi connectivity index (χ4n) is 3.76. The monoisotopic (exact) mass is 339 g/mol. The summed E-state index contributed by atoms with van der Waals surface area (Å²) in [5.41, 5.74) is 0.206. The van der Waals surface area contributed by atoms with E-state index in [1.165, 1.54) is 6.07 Å². The molecule has 2 fully saturated rings. The molecule has 6 nitrogen and oxygen atoms in total. The van der Waals surface area contributed by atoms with E-state index in [1.54, 1.807) is 6.92 Å². The Balaban J connectivity index is 1.91. The Hall–Kier alpha value is -1.44. The molecule has 1 amide bonds. The van der Waals surface area contributed by atoms with Crippen molar-refractivity contribution in [2.75, 3.05) is 26.4 Å². The summed E-state index contributed by atoms with van der Waals surface area (Å²) in [4.78, 5) is 27.0. The molecule has 2 aliphatic rings. The Bertz CT molecular complexity index is 620. The summed E-state index contributed by atoms with van der Waals surface area (Å²) in [5.74, 6) is -1.05. The maximum absolute atomic E-state index is 13.1. The topological polar surface area (TPSA) is 87.1 Å². The highest BCUT2D eigenvalue weighted by Crippen LogP contribution is 2.42. The number of rotatable bonds is 3. The molecule has 3 rings (SSSR count). The summed E-state index contributed by atoms with van der Waals surface area (Å²) in [6, 6.07) is 1.48. The van der Waals surface area contributed by atoms with E-state index >= 15 is 0 Å². The van der Waals surface area contributed by atoms with E-state index in [2.05, 4.69) is 0 Å². The van der Waals surface area contributed by atoms with Gasteiger partial charge in [-0.3, -0.25) is 4.79 Å². The van der Waals surface area contributed by atoms with E-state index < -0.39 is 5.97 Å². The number of hydrogen-bond acceptors (Lipinski definition) is 5. The lowest BCUT2D eigenvalue weighted by molar-refractivity contribution is -0.00337. The SMILES string of the molecule is Cc1sc(C(=O)O)cc1C(=O)N1CC(CO)CC12CCOCC2. The van der Waals surface area contributed by atoms with Gasteiger partial charge in [0.15, 0.2) is 0 Å². The van der Waals surface area contributed by atoms with Gasteiger partial charge in [-0.1, -0.05) is 0 Å². The van der Waals surface area contributed by atoms with E-state index in [4.69, 9.17) is 9.84 Å². The first-order valence-corrected chi connectivity index (χ1v) is 8.63. The first-order chi connectivity index (χ1) is 11.0. The van der Waals surface area contributed by atoms with Crippen LogP contribution in [0.25, 0.3) is 0 Å². The lowest BCUT2D eigenvalue weighted by Gasteiger charge is -2.41. The third-order valence-corrected chi connectivity index (χ3v) is 6.01. The highest BCUT2D eigenvalue weighted by molar-refractivity contribution is 7.14. The Morgan fingerprint density at radius 2 is 2.13 bits per heavy atom. The minimum atomic E-state index is -1.01. The molecule has 2 saturated heterocycles. The molecule has 1 aromatic heterocycles. The molecule has 1 aromatic rings. The second-order valence-electron chi connectivity index (χ2n) is 6.39. The molecule has 0 aromatic carbocycles. The second kappa shape index (κ2) is 6.22. The zero-order valence-electron chi connectivity index (χ0n) is 13.1. The number of carbonyl (C=O) groups is 2. The summed E-state index contributed by atoms with van der Waals surface area (Å²) in [5, 5.41) is 18.7. The maximum atomic E-state index is 13.1. The number of carboxylic acid groups (broad SMARTS) is 1. The van der Waals surface area contributed by atoms with Crippen molar-refractivity contribution in [2.24, 2.45) is 5.92 Å². The summed E-state index contributed by atoms with van der Waals surface area (Å²) in [6.07, 6.45) is 2.32. The molecule has 0 aliphatic carbocycles. The molecular formula is C16H21NO5S. The first-order valence-electron chi connectivity index (χ1n) is 7.81.